The summed E-state index contributed by atoms with van der Waals surface area (Å²) in [5.41, 5.74) is 0.501. The van der Waals surface area contributed by atoms with Crippen molar-refractivity contribution >= 4 is 17.6 Å². The van der Waals surface area contributed by atoms with Crippen molar-refractivity contribution in [3.8, 4) is 11.4 Å². The van der Waals surface area contributed by atoms with Crippen molar-refractivity contribution in [3.05, 3.63) is 34.9 Å². The normalized spacial score (nSPS) is 14.0. The molecule has 2 atom stereocenters. The minimum Gasteiger partial charge on any atom is -0.481 e. The monoisotopic (exact) mass is 298 g/mol. The van der Waals surface area contributed by atoms with E-state index in [1.807, 2.05) is 0 Å². The Labute approximate surface area is 119 Å². The number of carboxylic acid groups (broad SMARTS) is 1. The maximum absolute atomic E-state index is 13.1. The molecule has 2 aromatic rings. The summed E-state index contributed by atoms with van der Waals surface area (Å²) in [5.74, 6) is -2.10. The predicted octanol–water partition coefficient (Wildman–Crippen LogP) is 3.35. The molecule has 1 heterocycles. The second-order valence-electron chi connectivity index (χ2n) is 4.50. The van der Waals surface area contributed by atoms with Crippen LogP contribution in [-0.4, -0.2) is 21.2 Å². The zero-order valence-electron chi connectivity index (χ0n) is 10.8. The first-order valence-corrected chi connectivity index (χ1v) is 6.29. The highest BCUT2D eigenvalue weighted by atomic mass is 35.5. The van der Waals surface area contributed by atoms with Crippen LogP contribution >= 0.6 is 11.6 Å². The standard InChI is InChI=1S/C13H12ClFN2O3/c1-6(7(2)13(18)19)12-16-11(17-20-12)8-3-4-10(15)9(14)5-8/h3-7H,1-2H3,(H,18,19). The molecule has 1 aromatic carbocycles. The Bertz CT molecular complexity index is 644. The first-order chi connectivity index (χ1) is 9.40. The number of benzene rings is 1. The van der Waals surface area contributed by atoms with Crippen LogP contribution in [0.1, 0.15) is 25.7 Å². The summed E-state index contributed by atoms with van der Waals surface area (Å²) in [5, 5.41) is 12.7. The van der Waals surface area contributed by atoms with E-state index >= 15 is 0 Å². The average molecular weight is 299 g/mol. The summed E-state index contributed by atoms with van der Waals surface area (Å²) < 4.78 is 18.1. The van der Waals surface area contributed by atoms with Crippen molar-refractivity contribution in [3.63, 3.8) is 0 Å². The van der Waals surface area contributed by atoms with Crippen molar-refractivity contribution in [1.29, 1.82) is 0 Å². The first kappa shape index (κ1) is 14.5. The molecule has 1 N–H and O–H groups in total. The molecule has 0 saturated carbocycles. The molecular weight excluding hydrogens is 287 g/mol. The molecule has 5 nitrogen and oxygen atoms in total. The van der Waals surface area contributed by atoms with E-state index in [-0.39, 0.29) is 16.7 Å². The summed E-state index contributed by atoms with van der Waals surface area (Å²) in [6, 6.07) is 4.06. The van der Waals surface area contributed by atoms with Gasteiger partial charge in [-0.2, -0.15) is 4.98 Å². The maximum atomic E-state index is 13.1. The van der Waals surface area contributed by atoms with Crippen molar-refractivity contribution < 1.29 is 18.8 Å². The number of rotatable bonds is 4. The lowest BCUT2D eigenvalue weighted by Gasteiger charge is -2.10. The second kappa shape index (κ2) is 5.58. The van der Waals surface area contributed by atoms with Gasteiger partial charge in [0.05, 0.1) is 10.9 Å². The third kappa shape index (κ3) is 2.80. The van der Waals surface area contributed by atoms with Gasteiger partial charge in [0.1, 0.15) is 5.82 Å². The Balaban J connectivity index is 2.28. The van der Waals surface area contributed by atoms with Crippen LogP contribution in [0.5, 0.6) is 0 Å². The molecule has 0 aliphatic rings. The van der Waals surface area contributed by atoms with Crippen LogP contribution in [0, 0.1) is 11.7 Å². The third-order valence-electron chi connectivity index (χ3n) is 3.15. The van der Waals surface area contributed by atoms with Gasteiger partial charge in [-0.3, -0.25) is 4.79 Å². The van der Waals surface area contributed by atoms with Crippen LogP contribution in [0.3, 0.4) is 0 Å². The molecule has 0 aliphatic carbocycles. The quantitative estimate of drug-likeness (QED) is 0.936. The largest absolute Gasteiger partial charge is 0.481 e. The molecule has 2 rings (SSSR count). The number of aliphatic carboxylic acids is 1. The summed E-state index contributed by atoms with van der Waals surface area (Å²) in [6.45, 7) is 3.25. The molecule has 2 unspecified atom stereocenters. The number of halogens is 2. The van der Waals surface area contributed by atoms with Gasteiger partial charge in [-0.05, 0) is 18.2 Å². The zero-order valence-corrected chi connectivity index (χ0v) is 11.6. The van der Waals surface area contributed by atoms with Gasteiger partial charge in [-0.15, -0.1) is 0 Å². The Kier molecular flexibility index (Phi) is 4.04. The first-order valence-electron chi connectivity index (χ1n) is 5.92. The van der Waals surface area contributed by atoms with E-state index in [2.05, 4.69) is 10.1 Å². The fourth-order valence-corrected chi connectivity index (χ4v) is 1.78. The molecule has 1 aromatic heterocycles. The van der Waals surface area contributed by atoms with Crippen LogP contribution in [0.15, 0.2) is 22.7 Å². The summed E-state index contributed by atoms with van der Waals surface area (Å²) in [7, 11) is 0. The molecule has 106 valence electrons. The van der Waals surface area contributed by atoms with E-state index in [1.165, 1.54) is 18.2 Å². The van der Waals surface area contributed by atoms with Crippen molar-refractivity contribution in [2.75, 3.05) is 0 Å². The number of carboxylic acids is 1. The number of hydrogen-bond acceptors (Lipinski definition) is 4. The van der Waals surface area contributed by atoms with Gasteiger partial charge >= 0.3 is 5.97 Å². The molecule has 0 radical (unpaired) electrons. The van der Waals surface area contributed by atoms with Crippen LogP contribution in [0.4, 0.5) is 4.39 Å². The maximum Gasteiger partial charge on any atom is 0.307 e. The molecule has 0 saturated heterocycles. The Morgan fingerprint density at radius 3 is 2.75 bits per heavy atom. The van der Waals surface area contributed by atoms with Crippen LogP contribution in [0.25, 0.3) is 11.4 Å². The number of hydrogen-bond donors (Lipinski definition) is 1. The lowest BCUT2D eigenvalue weighted by molar-refractivity contribution is -0.141. The van der Waals surface area contributed by atoms with Gasteiger partial charge in [0.15, 0.2) is 0 Å². The molecular formula is C13H12ClFN2O3. The van der Waals surface area contributed by atoms with Gasteiger partial charge in [-0.25, -0.2) is 4.39 Å². The zero-order chi connectivity index (χ0) is 14.9. The van der Waals surface area contributed by atoms with Gasteiger partial charge < -0.3 is 9.63 Å². The molecule has 0 aliphatic heterocycles. The molecule has 0 amide bonds. The Morgan fingerprint density at radius 1 is 1.45 bits per heavy atom. The lowest BCUT2D eigenvalue weighted by atomic mass is 9.96. The van der Waals surface area contributed by atoms with Crippen molar-refractivity contribution in [2.24, 2.45) is 5.92 Å². The molecule has 20 heavy (non-hydrogen) atoms. The van der Waals surface area contributed by atoms with E-state index in [0.29, 0.717) is 5.56 Å². The highest BCUT2D eigenvalue weighted by Crippen LogP contribution is 2.27. The topological polar surface area (TPSA) is 76.2 Å². The highest BCUT2D eigenvalue weighted by Gasteiger charge is 2.26. The van der Waals surface area contributed by atoms with E-state index in [4.69, 9.17) is 21.2 Å². The van der Waals surface area contributed by atoms with Crippen molar-refractivity contribution in [1.82, 2.24) is 10.1 Å². The summed E-state index contributed by atoms with van der Waals surface area (Å²) in [4.78, 5) is 15.1. The van der Waals surface area contributed by atoms with E-state index in [1.54, 1.807) is 13.8 Å². The van der Waals surface area contributed by atoms with E-state index in [9.17, 15) is 9.18 Å². The van der Waals surface area contributed by atoms with Gasteiger partial charge in [0.2, 0.25) is 11.7 Å². The minimum absolute atomic E-state index is 0.0409. The van der Waals surface area contributed by atoms with E-state index in [0.717, 1.165) is 0 Å². The fourth-order valence-electron chi connectivity index (χ4n) is 1.60. The summed E-state index contributed by atoms with van der Waals surface area (Å²) >= 11 is 5.69. The van der Waals surface area contributed by atoms with Gasteiger partial charge in [0, 0.05) is 11.5 Å². The Morgan fingerprint density at radius 2 is 2.15 bits per heavy atom. The lowest BCUT2D eigenvalue weighted by Crippen LogP contribution is -2.16. The highest BCUT2D eigenvalue weighted by molar-refractivity contribution is 6.31. The van der Waals surface area contributed by atoms with Gasteiger partial charge in [0.25, 0.3) is 0 Å². The minimum atomic E-state index is -0.943. The smallest absolute Gasteiger partial charge is 0.307 e. The Hall–Kier alpha value is -1.95. The number of carbonyl (C=O) groups is 1. The van der Waals surface area contributed by atoms with Crippen LogP contribution in [0.2, 0.25) is 5.02 Å². The fraction of sp³-hybridized carbons (Fsp3) is 0.308. The number of nitrogens with zero attached hydrogens (tertiary/aromatic N) is 2. The van der Waals surface area contributed by atoms with Crippen molar-refractivity contribution in [2.45, 2.75) is 19.8 Å². The van der Waals surface area contributed by atoms with Crippen LogP contribution in [-0.2, 0) is 4.79 Å². The molecule has 0 spiro atoms. The number of aromatic nitrogens is 2. The molecule has 0 bridgehead atoms. The average Bonchev–Trinajstić information content (AvgIpc) is 2.89. The van der Waals surface area contributed by atoms with Gasteiger partial charge in [-0.1, -0.05) is 30.6 Å². The second-order valence-corrected chi connectivity index (χ2v) is 4.91. The summed E-state index contributed by atoms with van der Waals surface area (Å²) in [6.07, 6.45) is 0. The SMILES string of the molecule is CC(C(=O)O)C(C)c1nc(-c2ccc(F)c(Cl)c2)no1. The van der Waals surface area contributed by atoms with E-state index < -0.39 is 23.6 Å². The van der Waals surface area contributed by atoms with Crippen LogP contribution < -0.4 is 0 Å². The predicted molar refractivity (Wildman–Crippen MR) is 69.9 cm³/mol. The third-order valence-corrected chi connectivity index (χ3v) is 3.44. The molecule has 7 heteroatoms. The molecule has 0 fully saturated rings.